The van der Waals surface area contributed by atoms with Gasteiger partial charge in [-0.1, -0.05) is 53.7 Å². The van der Waals surface area contributed by atoms with Crippen LogP contribution in [-0.2, 0) is 0 Å². The Hall–Kier alpha value is -3.61. The minimum absolute atomic E-state index is 0.304. The highest BCUT2D eigenvalue weighted by Crippen LogP contribution is 2.33. The number of hydrogen-bond donors (Lipinski definition) is 3. The second-order valence-electron chi connectivity index (χ2n) is 5.14. The monoisotopic (exact) mass is 318 g/mol. The molecular weight excluding hydrogens is 304 g/mol. The lowest BCUT2D eigenvalue weighted by molar-refractivity contribution is 0.432. The highest BCUT2D eigenvalue weighted by Gasteiger charge is 2.20. The van der Waals surface area contributed by atoms with Gasteiger partial charge in [0, 0.05) is 11.3 Å². The molecule has 0 aliphatic rings. The summed E-state index contributed by atoms with van der Waals surface area (Å²) in [5.41, 5.74) is 8.29. The molecule has 0 saturated heterocycles. The Bertz CT molecular complexity index is 946. The SMILES string of the molecule is Nc1[nH]nc(Nc2ccccc2)c1-c1nc(-c2ccccc2)no1. The molecule has 4 rings (SSSR count). The van der Waals surface area contributed by atoms with Gasteiger partial charge in [0.2, 0.25) is 5.82 Å². The minimum atomic E-state index is 0.304. The van der Waals surface area contributed by atoms with Crippen molar-refractivity contribution in [2.75, 3.05) is 11.1 Å². The van der Waals surface area contributed by atoms with Crippen molar-refractivity contribution in [1.82, 2.24) is 20.3 Å². The number of nitrogens with zero attached hydrogens (tertiary/aromatic N) is 3. The van der Waals surface area contributed by atoms with Gasteiger partial charge in [-0.15, -0.1) is 0 Å². The molecule has 4 N–H and O–H groups in total. The quantitative estimate of drug-likeness (QED) is 0.532. The Morgan fingerprint density at radius 2 is 1.67 bits per heavy atom. The maximum Gasteiger partial charge on any atom is 0.265 e. The molecule has 2 aromatic heterocycles. The zero-order valence-corrected chi connectivity index (χ0v) is 12.6. The van der Waals surface area contributed by atoms with E-state index in [2.05, 4.69) is 25.7 Å². The molecule has 24 heavy (non-hydrogen) atoms. The standard InChI is InChI=1S/C17H14N6O/c18-14-13(16(22-21-14)19-12-9-5-2-6-10-12)17-20-15(23-24-17)11-7-3-1-4-8-11/h1-10H,(H4,18,19,21,22). The number of rotatable bonds is 4. The largest absolute Gasteiger partial charge is 0.383 e. The number of para-hydroxylation sites is 1. The number of hydrogen-bond acceptors (Lipinski definition) is 6. The van der Waals surface area contributed by atoms with Crippen LogP contribution < -0.4 is 11.1 Å². The Morgan fingerprint density at radius 3 is 2.42 bits per heavy atom. The van der Waals surface area contributed by atoms with Gasteiger partial charge in [0.15, 0.2) is 5.82 Å². The number of H-pyrrole nitrogens is 1. The molecule has 0 atom stereocenters. The fourth-order valence-electron chi connectivity index (χ4n) is 2.35. The fraction of sp³-hybridized carbons (Fsp3) is 0. The molecule has 118 valence electrons. The number of anilines is 3. The normalized spacial score (nSPS) is 10.7. The molecule has 2 aromatic carbocycles. The van der Waals surface area contributed by atoms with Gasteiger partial charge in [-0.05, 0) is 12.1 Å². The molecule has 0 unspecified atom stereocenters. The Labute approximate surface area is 137 Å². The van der Waals surface area contributed by atoms with Crippen molar-refractivity contribution in [1.29, 1.82) is 0 Å². The van der Waals surface area contributed by atoms with Crippen LogP contribution in [-0.4, -0.2) is 20.3 Å². The number of nitrogens with one attached hydrogen (secondary N) is 2. The smallest absolute Gasteiger partial charge is 0.265 e. The summed E-state index contributed by atoms with van der Waals surface area (Å²) in [4.78, 5) is 4.43. The molecule has 0 fully saturated rings. The van der Waals surface area contributed by atoms with Crippen molar-refractivity contribution in [3.05, 3.63) is 60.7 Å². The molecule has 0 spiro atoms. The first-order valence-electron chi connectivity index (χ1n) is 7.36. The molecule has 0 bridgehead atoms. The molecule has 7 heteroatoms. The second kappa shape index (κ2) is 5.88. The van der Waals surface area contributed by atoms with Crippen molar-refractivity contribution in [3.8, 4) is 22.8 Å². The third kappa shape index (κ3) is 2.58. The maximum absolute atomic E-state index is 5.99. The van der Waals surface area contributed by atoms with Crippen molar-refractivity contribution in [2.45, 2.75) is 0 Å². The molecule has 7 nitrogen and oxygen atoms in total. The van der Waals surface area contributed by atoms with Crippen molar-refractivity contribution in [2.24, 2.45) is 0 Å². The number of nitrogen functional groups attached to an aromatic ring is 1. The van der Waals surface area contributed by atoms with E-state index in [4.69, 9.17) is 10.3 Å². The number of benzene rings is 2. The first-order chi connectivity index (χ1) is 11.8. The van der Waals surface area contributed by atoms with Gasteiger partial charge in [0.1, 0.15) is 11.4 Å². The van der Waals surface area contributed by atoms with Crippen LogP contribution in [0, 0.1) is 0 Å². The topological polar surface area (TPSA) is 106 Å². The summed E-state index contributed by atoms with van der Waals surface area (Å²) in [5, 5.41) is 14.1. The van der Waals surface area contributed by atoms with Crippen LogP contribution in [0.3, 0.4) is 0 Å². The van der Waals surface area contributed by atoms with E-state index < -0.39 is 0 Å². The Morgan fingerprint density at radius 1 is 0.958 bits per heavy atom. The predicted octanol–water partition coefficient (Wildman–Crippen LogP) is 3.45. The average Bonchev–Trinajstić information content (AvgIpc) is 3.24. The third-order valence-electron chi connectivity index (χ3n) is 3.50. The molecule has 4 aromatic rings. The van der Waals surface area contributed by atoms with Crippen LogP contribution in [0.15, 0.2) is 65.2 Å². The van der Waals surface area contributed by atoms with E-state index in [-0.39, 0.29) is 0 Å². The van der Waals surface area contributed by atoms with Gasteiger partial charge in [0.05, 0.1) is 0 Å². The fourth-order valence-corrected chi connectivity index (χ4v) is 2.35. The Kier molecular flexibility index (Phi) is 3.43. The van der Waals surface area contributed by atoms with E-state index in [1.54, 1.807) is 0 Å². The summed E-state index contributed by atoms with van der Waals surface area (Å²) >= 11 is 0. The number of aromatic amines is 1. The first-order valence-corrected chi connectivity index (χ1v) is 7.36. The van der Waals surface area contributed by atoms with E-state index in [0.29, 0.717) is 28.9 Å². The van der Waals surface area contributed by atoms with Gasteiger partial charge in [0.25, 0.3) is 5.89 Å². The lowest BCUT2D eigenvalue weighted by Crippen LogP contribution is -1.94. The van der Waals surface area contributed by atoms with Crippen LogP contribution in [0.25, 0.3) is 22.8 Å². The minimum Gasteiger partial charge on any atom is -0.383 e. The molecule has 0 saturated carbocycles. The molecule has 0 aliphatic heterocycles. The zero-order valence-electron chi connectivity index (χ0n) is 12.6. The van der Waals surface area contributed by atoms with Crippen LogP contribution in [0.2, 0.25) is 0 Å². The summed E-state index contributed by atoms with van der Waals surface area (Å²) in [6, 6.07) is 19.2. The van der Waals surface area contributed by atoms with E-state index in [1.807, 2.05) is 60.7 Å². The maximum atomic E-state index is 5.99. The second-order valence-corrected chi connectivity index (χ2v) is 5.14. The summed E-state index contributed by atoms with van der Waals surface area (Å²) < 4.78 is 5.38. The lowest BCUT2D eigenvalue weighted by Gasteiger charge is -2.03. The predicted molar refractivity (Wildman–Crippen MR) is 91.5 cm³/mol. The van der Waals surface area contributed by atoms with Gasteiger partial charge in [-0.25, -0.2) is 0 Å². The highest BCUT2D eigenvalue weighted by molar-refractivity contribution is 5.82. The van der Waals surface area contributed by atoms with E-state index in [0.717, 1.165) is 11.3 Å². The summed E-state index contributed by atoms with van der Waals surface area (Å²) in [6.45, 7) is 0. The van der Waals surface area contributed by atoms with Crippen LogP contribution in [0.5, 0.6) is 0 Å². The van der Waals surface area contributed by atoms with Crippen molar-refractivity contribution >= 4 is 17.3 Å². The number of nitrogens with two attached hydrogens (primary N) is 1. The van der Waals surface area contributed by atoms with Crippen molar-refractivity contribution < 1.29 is 4.52 Å². The van der Waals surface area contributed by atoms with Crippen LogP contribution >= 0.6 is 0 Å². The molecule has 0 amide bonds. The van der Waals surface area contributed by atoms with E-state index in [1.165, 1.54) is 0 Å². The molecule has 0 aliphatic carbocycles. The van der Waals surface area contributed by atoms with Gasteiger partial charge < -0.3 is 15.6 Å². The number of aromatic nitrogens is 4. The summed E-state index contributed by atoms with van der Waals surface area (Å²) in [5.74, 6) is 1.69. The van der Waals surface area contributed by atoms with Crippen LogP contribution in [0.4, 0.5) is 17.3 Å². The highest BCUT2D eigenvalue weighted by atomic mass is 16.5. The summed E-state index contributed by atoms with van der Waals surface area (Å²) in [7, 11) is 0. The van der Waals surface area contributed by atoms with Crippen LogP contribution in [0.1, 0.15) is 0 Å². The summed E-state index contributed by atoms with van der Waals surface area (Å²) in [6.07, 6.45) is 0. The third-order valence-corrected chi connectivity index (χ3v) is 3.50. The zero-order chi connectivity index (χ0) is 16.4. The van der Waals surface area contributed by atoms with E-state index >= 15 is 0 Å². The lowest BCUT2D eigenvalue weighted by atomic mass is 10.2. The van der Waals surface area contributed by atoms with E-state index in [9.17, 15) is 0 Å². The molecule has 2 heterocycles. The van der Waals surface area contributed by atoms with Gasteiger partial charge in [-0.3, -0.25) is 5.10 Å². The average molecular weight is 318 g/mol. The van der Waals surface area contributed by atoms with Gasteiger partial charge in [-0.2, -0.15) is 10.1 Å². The molecular formula is C17H14N6O. The van der Waals surface area contributed by atoms with Gasteiger partial charge >= 0.3 is 0 Å². The first kappa shape index (κ1) is 14.0. The Balaban J connectivity index is 1.70. The molecule has 0 radical (unpaired) electrons. The van der Waals surface area contributed by atoms with Crippen molar-refractivity contribution in [3.63, 3.8) is 0 Å².